The molecule has 114 valence electrons. The molecular weight excluding hydrogens is 308 g/mol. The zero-order valence-corrected chi connectivity index (χ0v) is 13.3. The van der Waals surface area contributed by atoms with E-state index in [0.717, 1.165) is 21.8 Å². The van der Waals surface area contributed by atoms with Gasteiger partial charge >= 0.3 is 0 Å². The summed E-state index contributed by atoms with van der Waals surface area (Å²) in [5, 5.41) is 4.89. The van der Waals surface area contributed by atoms with Crippen molar-refractivity contribution in [2.45, 2.75) is 17.8 Å². The Morgan fingerprint density at radius 2 is 1.87 bits per heavy atom. The fourth-order valence-corrected chi connectivity index (χ4v) is 2.98. The quantitative estimate of drug-likeness (QED) is 0.570. The van der Waals surface area contributed by atoms with Gasteiger partial charge in [0.25, 0.3) is 5.89 Å². The van der Waals surface area contributed by atoms with Crippen LogP contribution < -0.4 is 0 Å². The van der Waals surface area contributed by atoms with Crippen LogP contribution in [-0.2, 0) is 5.75 Å². The Hall–Kier alpha value is -2.60. The third kappa shape index (κ3) is 2.98. The summed E-state index contributed by atoms with van der Waals surface area (Å²) in [6.45, 7) is 2.05. The Labute approximate surface area is 137 Å². The van der Waals surface area contributed by atoms with Crippen molar-refractivity contribution >= 4 is 22.8 Å². The zero-order chi connectivity index (χ0) is 15.6. The first-order valence-electron chi connectivity index (χ1n) is 7.25. The number of aryl methyl sites for hydroxylation is 1. The minimum atomic E-state index is 0.546. The normalized spacial score (nSPS) is 11.2. The highest BCUT2D eigenvalue weighted by atomic mass is 32.2. The summed E-state index contributed by atoms with van der Waals surface area (Å²) in [6, 6.07) is 16.0. The molecule has 0 aliphatic carbocycles. The Bertz CT molecular complexity index is 910. The molecule has 0 saturated carbocycles. The van der Waals surface area contributed by atoms with E-state index in [9.17, 15) is 0 Å². The number of aromatic nitrogens is 4. The van der Waals surface area contributed by atoms with Gasteiger partial charge in [0.05, 0.1) is 16.8 Å². The van der Waals surface area contributed by atoms with Gasteiger partial charge in [-0.05, 0) is 31.2 Å². The third-order valence-electron chi connectivity index (χ3n) is 3.47. The lowest BCUT2D eigenvalue weighted by Crippen LogP contribution is -1.85. The molecule has 2 heterocycles. The summed E-state index contributed by atoms with van der Waals surface area (Å²) in [5.74, 6) is 1.81. The summed E-state index contributed by atoms with van der Waals surface area (Å²) < 4.78 is 5.33. The summed E-state index contributed by atoms with van der Waals surface area (Å²) in [4.78, 5) is 12.2. The lowest BCUT2D eigenvalue weighted by molar-refractivity contribution is 0.425. The molecule has 4 aromatic rings. The Kier molecular flexibility index (Phi) is 3.59. The molecule has 0 radical (unpaired) electrons. The van der Waals surface area contributed by atoms with E-state index in [1.54, 1.807) is 11.8 Å². The van der Waals surface area contributed by atoms with Crippen molar-refractivity contribution in [1.29, 1.82) is 0 Å². The number of nitrogens with one attached hydrogen (secondary N) is 1. The number of nitrogens with zero attached hydrogens (tertiary/aromatic N) is 3. The molecule has 0 aliphatic heterocycles. The van der Waals surface area contributed by atoms with Crippen LogP contribution in [0.15, 0.2) is 58.2 Å². The number of rotatable bonds is 4. The highest BCUT2D eigenvalue weighted by molar-refractivity contribution is 7.98. The van der Waals surface area contributed by atoms with Gasteiger partial charge < -0.3 is 9.51 Å². The molecule has 0 saturated heterocycles. The van der Waals surface area contributed by atoms with E-state index < -0.39 is 0 Å². The summed E-state index contributed by atoms with van der Waals surface area (Å²) in [6.07, 6.45) is 0. The molecule has 0 spiro atoms. The molecular formula is C17H14N4OS. The SMILES string of the molecule is Cc1ccc(-c2nc(CSc3nc4ccccc4[nH]3)no2)cc1. The van der Waals surface area contributed by atoms with Gasteiger partial charge in [-0.2, -0.15) is 4.98 Å². The molecule has 0 fully saturated rings. The zero-order valence-electron chi connectivity index (χ0n) is 12.5. The van der Waals surface area contributed by atoms with E-state index >= 15 is 0 Å². The van der Waals surface area contributed by atoms with Crippen LogP contribution in [0.3, 0.4) is 0 Å². The van der Waals surface area contributed by atoms with Gasteiger partial charge in [-0.1, -0.05) is 46.7 Å². The highest BCUT2D eigenvalue weighted by Crippen LogP contribution is 2.23. The third-order valence-corrected chi connectivity index (χ3v) is 4.34. The first kappa shape index (κ1) is 14.0. The Balaban J connectivity index is 1.48. The number of imidazole rings is 1. The average molecular weight is 322 g/mol. The fourth-order valence-electron chi connectivity index (χ4n) is 2.26. The second-order valence-electron chi connectivity index (χ2n) is 5.23. The summed E-state index contributed by atoms with van der Waals surface area (Å²) in [5.41, 5.74) is 4.13. The lowest BCUT2D eigenvalue weighted by Gasteiger charge is -1.94. The molecule has 0 unspecified atom stereocenters. The van der Waals surface area contributed by atoms with Crippen molar-refractivity contribution in [2.24, 2.45) is 0 Å². The molecule has 2 aromatic carbocycles. The number of H-pyrrole nitrogens is 1. The monoisotopic (exact) mass is 322 g/mol. The Morgan fingerprint density at radius 1 is 1.04 bits per heavy atom. The maximum atomic E-state index is 5.33. The van der Waals surface area contributed by atoms with Crippen molar-refractivity contribution in [3.05, 3.63) is 59.9 Å². The second-order valence-corrected chi connectivity index (χ2v) is 6.19. The lowest BCUT2D eigenvalue weighted by atomic mass is 10.1. The van der Waals surface area contributed by atoms with Crippen LogP contribution >= 0.6 is 11.8 Å². The predicted molar refractivity (Wildman–Crippen MR) is 90.1 cm³/mol. The molecule has 23 heavy (non-hydrogen) atoms. The topological polar surface area (TPSA) is 67.6 Å². The number of para-hydroxylation sites is 2. The van der Waals surface area contributed by atoms with Gasteiger partial charge in [-0.15, -0.1) is 0 Å². The molecule has 2 aromatic heterocycles. The second kappa shape index (κ2) is 5.89. The molecule has 5 nitrogen and oxygen atoms in total. The largest absolute Gasteiger partial charge is 0.334 e. The van der Waals surface area contributed by atoms with Crippen LogP contribution in [0.25, 0.3) is 22.5 Å². The van der Waals surface area contributed by atoms with Crippen molar-refractivity contribution in [3.63, 3.8) is 0 Å². The van der Waals surface area contributed by atoms with Crippen LogP contribution in [0.2, 0.25) is 0 Å². The van der Waals surface area contributed by atoms with Gasteiger partial charge in [-0.25, -0.2) is 4.98 Å². The Morgan fingerprint density at radius 3 is 2.70 bits per heavy atom. The standard InChI is InChI=1S/C17H14N4OS/c1-11-6-8-12(9-7-11)16-20-15(21-22-16)10-23-17-18-13-4-2-3-5-14(13)19-17/h2-9H,10H2,1H3,(H,18,19). The average Bonchev–Trinajstić information content (AvgIpc) is 3.20. The highest BCUT2D eigenvalue weighted by Gasteiger charge is 2.10. The smallest absolute Gasteiger partial charge is 0.257 e. The van der Waals surface area contributed by atoms with Crippen molar-refractivity contribution in [1.82, 2.24) is 20.1 Å². The molecule has 0 bridgehead atoms. The van der Waals surface area contributed by atoms with E-state index in [1.807, 2.05) is 55.5 Å². The minimum absolute atomic E-state index is 0.546. The number of hydrogen-bond acceptors (Lipinski definition) is 5. The van der Waals surface area contributed by atoms with Crippen LogP contribution in [0.5, 0.6) is 0 Å². The van der Waals surface area contributed by atoms with Crippen LogP contribution in [0.1, 0.15) is 11.4 Å². The number of aromatic amines is 1. The van der Waals surface area contributed by atoms with Gasteiger partial charge in [0.2, 0.25) is 0 Å². The predicted octanol–water partition coefficient (Wildman–Crippen LogP) is 4.21. The molecule has 0 atom stereocenters. The molecule has 6 heteroatoms. The first-order valence-corrected chi connectivity index (χ1v) is 8.24. The van der Waals surface area contributed by atoms with E-state index in [-0.39, 0.29) is 0 Å². The van der Waals surface area contributed by atoms with Crippen LogP contribution in [-0.4, -0.2) is 20.1 Å². The number of hydrogen-bond donors (Lipinski definition) is 1. The molecule has 1 N–H and O–H groups in total. The van der Waals surface area contributed by atoms with Gasteiger partial charge in [0.15, 0.2) is 11.0 Å². The minimum Gasteiger partial charge on any atom is -0.334 e. The van der Waals surface area contributed by atoms with Crippen molar-refractivity contribution in [3.8, 4) is 11.5 Å². The van der Waals surface area contributed by atoms with Crippen LogP contribution in [0, 0.1) is 6.92 Å². The molecule has 0 aliphatic rings. The van der Waals surface area contributed by atoms with Crippen molar-refractivity contribution in [2.75, 3.05) is 0 Å². The number of fused-ring (bicyclic) bond motifs is 1. The van der Waals surface area contributed by atoms with E-state index in [1.165, 1.54) is 5.56 Å². The summed E-state index contributed by atoms with van der Waals surface area (Å²) in [7, 11) is 0. The summed E-state index contributed by atoms with van der Waals surface area (Å²) >= 11 is 1.56. The number of benzene rings is 2. The van der Waals surface area contributed by atoms with E-state index in [2.05, 4.69) is 20.1 Å². The van der Waals surface area contributed by atoms with E-state index in [4.69, 9.17) is 4.52 Å². The van der Waals surface area contributed by atoms with Gasteiger partial charge in [0, 0.05) is 5.56 Å². The van der Waals surface area contributed by atoms with Crippen LogP contribution in [0.4, 0.5) is 0 Å². The van der Waals surface area contributed by atoms with Gasteiger partial charge in [0.1, 0.15) is 0 Å². The van der Waals surface area contributed by atoms with Gasteiger partial charge in [-0.3, -0.25) is 0 Å². The molecule has 0 amide bonds. The number of thioether (sulfide) groups is 1. The maximum Gasteiger partial charge on any atom is 0.257 e. The van der Waals surface area contributed by atoms with Crippen molar-refractivity contribution < 1.29 is 4.52 Å². The molecule has 4 rings (SSSR count). The fraction of sp³-hybridized carbons (Fsp3) is 0.118. The van der Waals surface area contributed by atoms with E-state index in [0.29, 0.717) is 17.5 Å². The maximum absolute atomic E-state index is 5.33. The first-order chi connectivity index (χ1) is 11.3.